The first-order valence-electron chi connectivity index (χ1n) is 5.95. The third-order valence-corrected chi connectivity index (χ3v) is 3.16. The molecule has 1 aromatic carbocycles. The molecule has 5 nitrogen and oxygen atoms in total. The number of benzene rings is 1. The zero-order chi connectivity index (χ0) is 14.0. The minimum Gasteiger partial charge on any atom is -0.454 e. The van der Waals surface area contributed by atoms with Crippen LogP contribution in [0, 0.1) is 0 Å². The molecule has 2 N–H and O–H groups in total. The molecule has 1 heterocycles. The summed E-state index contributed by atoms with van der Waals surface area (Å²) in [6.07, 6.45) is 0.469. The molecule has 1 aliphatic heterocycles. The van der Waals surface area contributed by atoms with E-state index in [2.05, 4.69) is 5.32 Å². The number of rotatable bonds is 4. The highest BCUT2D eigenvalue weighted by Gasteiger charge is 2.24. The van der Waals surface area contributed by atoms with Crippen molar-refractivity contribution in [2.75, 3.05) is 13.4 Å². The Kier molecular flexibility index (Phi) is 3.87. The Balaban J connectivity index is 2.18. The number of carbonyl (C=O) groups is 1. The van der Waals surface area contributed by atoms with E-state index in [-0.39, 0.29) is 19.3 Å². The number of hydrogen-bond donors (Lipinski definition) is 2. The molecule has 0 saturated heterocycles. The van der Waals surface area contributed by atoms with Crippen LogP contribution in [0.25, 0.3) is 0 Å². The van der Waals surface area contributed by atoms with Gasteiger partial charge in [0.05, 0.1) is 5.02 Å². The summed E-state index contributed by atoms with van der Waals surface area (Å²) in [5.41, 5.74) is -0.0884. The van der Waals surface area contributed by atoms with Crippen LogP contribution in [0.4, 0.5) is 0 Å². The third kappa shape index (κ3) is 3.11. The molecule has 0 atom stereocenters. The molecule has 0 spiro atoms. The number of nitrogens with one attached hydrogen (secondary N) is 1. The normalized spacial score (nSPS) is 13.5. The Bertz CT molecular complexity index is 502. The van der Waals surface area contributed by atoms with Crippen LogP contribution < -0.4 is 14.8 Å². The lowest BCUT2D eigenvalue weighted by molar-refractivity contribution is 0.0899. The summed E-state index contributed by atoms with van der Waals surface area (Å²) < 4.78 is 10.4. The molecule has 0 fully saturated rings. The standard InChI is InChI=1S/C13H16ClNO4/c1-13(2,3-4-16)15-12(17)8-5-9(14)11-10(6-8)18-7-19-11/h5-6,16H,3-4,7H2,1-2H3,(H,15,17). The minimum absolute atomic E-state index is 0.00910. The van der Waals surface area contributed by atoms with E-state index in [9.17, 15) is 4.79 Å². The highest BCUT2D eigenvalue weighted by molar-refractivity contribution is 6.32. The van der Waals surface area contributed by atoms with Crippen LogP contribution in [-0.4, -0.2) is 30.0 Å². The first kappa shape index (κ1) is 14.0. The highest BCUT2D eigenvalue weighted by Crippen LogP contribution is 2.39. The van der Waals surface area contributed by atoms with E-state index < -0.39 is 5.54 Å². The van der Waals surface area contributed by atoms with Crippen LogP contribution in [0.2, 0.25) is 5.02 Å². The van der Waals surface area contributed by atoms with Crippen molar-refractivity contribution in [2.24, 2.45) is 0 Å². The van der Waals surface area contributed by atoms with Gasteiger partial charge >= 0.3 is 0 Å². The molecule has 1 amide bonds. The summed E-state index contributed by atoms with van der Waals surface area (Å²) in [5, 5.41) is 12.1. The molecule has 0 aromatic heterocycles. The Morgan fingerprint density at radius 3 is 2.89 bits per heavy atom. The number of ether oxygens (including phenoxy) is 2. The van der Waals surface area contributed by atoms with Crippen LogP contribution in [0.1, 0.15) is 30.6 Å². The van der Waals surface area contributed by atoms with Gasteiger partial charge in [-0.15, -0.1) is 0 Å². The van der Waals surface area contributed by atoms with Crippen molar-refractivity contribution in [3.8, 4) is 11.5 Å². The lowest BCUT2D eigenvalue weighted by atomic mass is 10.0. The van der Waals surface area contributed by atoms with E-state index in [1.165, 1.54) is 0 Å². The molecule has 1 aromatic rings. The van der Waals surface area contributed by atoms with Gasteiger partial charge in [0.15, 0.2) is 11.5 Å². The summed E-state index contributed by atoms with van der Waals surface area (Å²) in [6, 6.07) is 3.14. The second-order valence-electron chi connectivity index (χ2n) is 5.00. The number of halogens is 1. The smallest absolute Gasteiger partial charge is 0.251 e. The molecular weight excluding hydrogens is 270 g/mol. The molecule has 104 valence electrons. The van der Waals surface area contributed by atoms with Gasteiger partial charge in [-0.25, -0.2) is 0 Å². The highest BCUT2D eigenvalue weighted by atomic mass is 35.5. The van der Waals surface area contributed by atoms with E-state index in [0.29, 0.717) is 28.5 Å². The summed E-state index contributed by atoms with van der Waals surface area (Å²) in [5.74, 6) is 0.670. The molecule has 0 unspecified atom stereocenters. The SMILES string of the molecule is CC(C)(CCO)NC(=O)c1cc(Cl)c2c(c1)OCO2. The fourth-order valence-corrected chi connectivity index (χ4v) is 2.09. The van der Waals surface area contributed by atoms with Gasteiger partial charge in [0.1, 0.15) is 0 Å². The van der Waals surface area contributed by atoms with Gasteiger partial charge in [-0.1, -0.05) is 11.6 Å². The largest absolute Gasteiger partial charge is 0.454 e. The second-order valence-corrected chi connectivity index (χ2v) is 5.41. The third-order valence-electron chi connectivity index (χ3n) is 2.88. The maximum atomic E-state index is 12.1. The van der Waals surface area contributed by atoms with E-state index in [1.54, 1.807) is 12.1 Å². The van der Waals surface area contributed by atoms with Gasteiger partial charge in [0, 0.05) is 17.7 Å². The summed E-state index contributed by atoms with van der Waals surface area (Å²) in [6.45, 7) is 3.80. The van der Waals surface area contributed by atoms with Gasteiger partial charge in [-0.3, -0.25) is 4.79 Å². The van der Waals surface area contributed by atoms with Crippen molar-refractivity contribution in [1.29, 1.82) is 0 Å². The van der Waals surface area contributed by atoms with Crippen molar-refractivity contribution >= 4 is 17.5 Å². The van der Waals surface area contributed by atoms with Gasteiger partial charge in [0.25, 0.3) is 5.91 Å². The van der Waals surface area contributed by atoms with Crippen molar-refractivity contribution in [2.45, 2.75) is 25.8 Å². The molecule has 0 saturated carbocycles. The number of amides is 1. The van der Waals surface area contributed by atoms with Crippen molar-refractivity contribution in [3.63, 3.8) is 0 Å². The predicted molar refractivity (Wildman–Crippen MR) is 70.8 cm³/mol. The Hall–Kier alpha value is -1.46. The van der Waals surface area contributed by atoms with Crippen molar-refractivity contribution in [1.82, 2.24) is 5.32 Å². The van der Waals surface area contributed by atoms with Gasteiger partial charge in [0.2, 0.25) is 6.79 Å². The van der Waals surface area contributed by atoms with Gasteiger partial charge < -0.3 is 19.9 Å². The summed E-state index contributed by atoms with van der Waals surface area (Å²) >= 11 is 6.03. The van der Waals surface area contributed by atoms with Gasteiger partial charge in [-0.05, 0) is 32.4 Å². The molecule has 19 heavy (non-hydrogen) atoms. The zero-order valence-corrected chi connectivity index (χ0v) is 11.6. The van der Waals surface area contributed by atoms with E-state index in [1.807, 2.05) is 13.8 Å². The van der Waals surface area contributed by atoms with E-state index >= 15 is 0 Å². The minimum atomic E-state index is -0.491. The first-order valence-corrected chi connectivity index (χ1v) is 6.33. The van der Waals surface area contributed by atoms with Crippen molar-refractivity contribution < 1.29 is 19.4 Å². The summed E-state index contributed by atoms with van der Waals surface area (Å²) in [7, 11) is 0. The number of hydrogen-bond acceptors (Lipinski definition) is 4. The fourth-order valence-electron chi connectivity index (χ4n) is 1.82. The van der Waals surface area contributed by atoms with Crippen LogP contribution in [0.3, 0.4) is 0 Å². The maximum Gasteiger partial charge on any atom is 0.251 e. The molecule has 1 aliphatic rings. The van der Waals surface area contributed by atoms with Gasteiger partial charge in [-0.2, -0.15) is 0 Å². The Labute approximate surface area is 116 Å². The molecule has 0 bridgehead atoms. The first-order chi connectivity index (χ1) is 8.93. The second kappa shape index (κ2) is 5.27. The molecule has 0 aliphatic carbocycles. The summed E-state index contributed by atoms with van der Waals surface area (Å²) in [4.78, 5) is 12.1. The molecular formula is C13H16ClNO4. The number of carbonyl (C=O) groups excluding carboxylic acids is 1. The lowest BCUT2D eigenvalue weighted by Crippen LogP contribution is -2.44. The zero-order valence-electron chi connectivity index (χ0n) is 10.8. The average Bonchev–Trinajstić information content (AvgIpc) is 2.76. The number of aliphatic hydroxyl groups is 1. The van der Waals surface area contributed by atoms with Crippen LogP contribution in [-0.2, 0) is 0 Å². The topological polar surface area (TPSA) is 67.8 Å². The lowest BCUT2D eigenvalue weighted by Gasteiger charge is -2.25. The van der Waals surface area contributed by atoms with E-state index in [4.69, 9.17) is 26.2 Å². The van der Waals surface area contributed by atoms with Crippen LogP contribution in [0.5, 0.6) is 11.5 Å². The van der Waals surface area contributed by atoms with E-state index in [0.717, 1.165) is 0 Å². The molecule has 2 rings (SSSR count). The maximum absolute atomic E-state index is 12.1. The fraction of sp³-hybridized carbons (Fsp3) is 0.462. The molecule has 0 radical (unpaired) electrons. The monoisotopic (exact) mass is 285 g/mol. The number of aliphatic hydroxyl groups excluding tert-OH is 1. The molecule has 6 heteroatoms. The Morgan fingerprint density at radius 1 is 1.47 bits per heavy atom. The number of fused-ring (bicyclic) bond motifs is 1. The van der Waals surface area contributed by atoms with Crippen molar-refractivity contribution in [3.05, 3.63) is 22.7 Å². The average molecular weight is 286 g/mol. The Morgan fingerprint density at radius 2 is 2.21 bits per heavy atom. The van der Waals surface area contributed by atoms with Crippen LogP contribution in [0.15, 0.2) is 12.1 Å². The van der Waals surface area contributed by atoms with Crippen LogP contribution >= 0.6 is 11.6 Å². The predicted octanol–water partition coefficient (Wildman–Crippen LogP) is 1.96. The quantitative estimate of drug-likeness (QED) is 0.887.